The minimum Gasteiger partial charge on any atom is -0.397 e. The van der Waals surface area contributed by atoms with Gasteiger partial charge in [-0.05, 0) is 13.0 Å². The van der Waals surface area contributed by atoms with E-state index >= 15 is 0 Å². The van der Waals surface area contributed by atoms with Crippen LogP contribution in [0.1, 0.15) is 6.92 Å². The van der Waals surface area contributed by atoms with Gasteiger partial charge < -0.3 is 21.3 Å². The second-order valence-corrected chi connectivity index (χ2v) is 4.01. The number of nitrogen functional groups attached to an aromatic ring is 1. The highest BCUT2D eigenvalue weighted by Gasteiger charge is 2.23. The standard InChI is InChI=1S/C9H14ClN3O2/c1-9(4-14,5-15)13-8-7(10)2-6(11)3-12-8/h2-3,14-15H,4-5,11H2,1H3,(H,12,13). The Hall–Kier alpha value is -1.04. The van der Waals surface area contributed by atoms with Crippen LogP contribution < -0.4 is 11.1 Å². The number of aromatic nitrogens is 1. The van der Waals surface area contributed by atoms with Crippen LogP contribution in [0.15, 0.2) is 12.3 Å². The predicted molar refractivity (Wildman–Crippen MR) is 59.9 cm³/mol. The molecule has 0 spiro atoms. The van der Waals surface area contributed by atoms with Crippen molar-refractivity contribution in [1.82, 2.24) is 4.98 Å². The van der Waals surface area contributed by atoms with Crippen molar-refractivity contribution in [2.24, 2.45) is 0 Å². The van der Waals surface area contributed by atoms with Gasteiger partial charge in [0.1, 0.15) is 5.82 Å². The zero-order chi connectivity index (χ0) is 11.5. The monoisotopic (exact) mass is 231 g/mol. The zero-order valence-electron chi connectivity index (χ0n) is 8.37. The molecular formula is C9H14ClN3O2. The quantitative estimate of drug-likeness (QED) is 0.605. The first-order chi connectivity index (χ1) is 7.00. The molecule has 0 bridgehead atoms. The van der Waals surface area contributed by atoms with Crippen LogP contribution >= 0.6 is 11.6 Å². The molecule has 0 amide bonds. The third-order valence-electron chi connectivity index (χ3n) is 1.98. The Morgan fingerprint density at radius 1 is 1.53 bits per heavy atom. The summed E-state index contributed by atoms with van der Waals surface area (Å²) < 4.78 is 0. The van der Waals surface area contributed by atoms with E-state index in [2.05, 4.69) is 10.3 Å². The topological polar surface area (TPSA) is 91.4 Å². The smallest absolute Gasteiger partial charge is 0.145 e. The van der Waals surface area contributed by atoms with Gasteiger partial charge in [-0.25, -0.2) is 4.98 Å². The van der Waals surface area contributed by atoms with Gasteiger partial charge in [-0.3, -0.25) is 0 Å². The van der Waals surface area contributed by atoms with Crippen molar-refractivity contribution in [2.45, 2.75) is 12.5 Å². The van der Waals surface area contributed by atoms with E-state index in [9.17, 15) is 0 Å². The van der Waals surface area contributed by atoms with Crippen molar-refractivity contribution in [1.29, 1.82) is 0 Å². The molecule has 0 aromatic carbocycles. The molecule has 5 nitrogen and oxygen atoms in total. The van der Waals surface area contributed by atoms with E-state index in [1.807, 2.05) is 0 Å². The van der Waals surface area contributed by atoms with Crippen molar-refractivity contribution in [3.63, 3.8) is 0 Å². The number of nitrogens with one attached hydrogen (secondary N) is 1. The Labute approximate surface area is 92.9 Å². The van der Waals surface area contributed by atoms with Crippen molar-refractivity contribution in [3.8, 4) is 0 Å². The lowest BCUT2D eigenvalue weighted by Crippen LogP contribution is -2.42. The summed E-state index contributed by atoms with van der Waals surface area (Å²) in [6.45, 7) is 1.19. The highest BCUT2D eigenvalue weighted by molar-refractivity contribution is 6.33. The van der Waals surface area contributed by atoms with E-state index in [-0.39, 0.29) is 13.2 Å². The number of aliphatic hydroxyl groups excluding tert-OH is 2. The largest absolute Gasteiger partial charge is 0.397 e. The molecule has 0 saturated heterocycles. The number of aliphatic hydroxyl groups is 2. The molecular weight excluding hydrogens is 218 g/mol. The van der Waals surface area contributed by atoms with Crippen molar-refractivity contribution in [3.05, 3.63) is 17.3 Å². The van der Waals surface area contributed by atoms with Gasteiger partial charge in [-0.15, -0.1) is 0 Å². The van der Waals surface area contributed by atoms with Crippen LogP contribution in [-0.2, 0) is 0 Å². The molecule has 5 N–H and O–H groups in total. The van der Waals surface area contributed by atoms with Gasteiger partial charge in [0, 0.05) is 0 Å². The van der Waals surface area contributed by atoms with Gasteiger partial charge in [0.25, 0.3) is 0 Å². The van der Waals surface area contributed by atoms with Crippen molar-refractivity contribution in [2.75, 3.05) is 24.3 Å². The van der Waals surface area contributed by atoms with Crippen LogP contribution in [-0.4, -0.2) is 33.9 Å². The van der Waals surface area contributed by atoms with E-state index in [0.29, 0.717) is 16.5 Å². The molecule has 84 valence electrons. The number of anilines is 2. The fourth-order valence-corrected chi connectivity index (χ4v) is 1.18. The normalized spacial score (nSPS) is 11.5. The number of hydrogen-bond acceptors (Lipinski definition) is 5. The molecule has 0 atom stereocenters. The number of halogens is 1. The van der Waals surface area contributed by atoms with E-state index in [1.165, 1.54) is 6.20 Å². The lowest BCUT2D eigenvalue weighted by molar-refractivity contribution is 0.147. The average molecular weight is 232 g/mol. The maximum Gasteiger partial charge on any atom is 0.145 e. The van der Waals surface area contributed by atoms with E-state index in [0.717, 1.165) is 0 Å². The summed E-state index contributed by atoms with van der Waals surface area (Å²) in [4.78, 5) is 3.97. The summed E-state index contributed by atoms with van der Waals surface area (Å²) in [6.07, 6.45) is 1.45. The molecule has 0 unspecified atom stereocenters. The van der Waals surface area contributed by atoms with E-state index in [1.54, 1.807) is 13.0 Å². The average Bonchev–Trinajstić information content (AvgIpc) is 2.22. The van der Waals surface area contributed by atoms with Crippen LogP contribution in [0, 0.1) is 0 Å². The third-order valence-corrected chi connectivity index (χ3v) is 2.27. The van der Waals surface area contributed by atoms with Gasteiger partial charge in [0.15, 0.2) is 0 Å². The summed E-state index contributed by atoms with van der Waals surface area (Å²) in [6, 6.07) is 1.55. The van der Waals surface area contributed by atoms with Gasteiger partial charge >= 0.3 is 0 Å². The molecule has 1 heterocycles. The maximum atomic E-state index is 9.07. The fraction of sp³-hybridized carbons (Fsp3) is 0.444. The van der Waals surface area contributed by atoms with Crippen LogP contribution in [0.3, 0.4) is 0 Å². The molecule has 0 fully saturated rings. The van der Waals surface area contributed by atoms with Crippen LogP contribution in [0.5, 0.6) is 0 Å². The summed E-state index contributed by atoms with van der Waals surface area (Å²) in [5.74, 6) is 0.386. The Morgan fingerprint density at radius 2 is 2.13 bits per heavy atom. The lowest BCUT2D eigenvalue weighted by Gasteiger charge is -2.27. The lowest BCUT2D eigenvalue weighted by atomic mass is 10.1. The van der Waals surface area contributed by atoms with Gasteiger partial charge in [0.2, 0.25) is 0 Å². The molecule has 6 heteroatoms. The number of rotatable bonds is 4. The minimum absolute atomic E-state index is 0.230. The number of nitrogens with two attached hydrogens (primary N) is 1. The molecule has 0 aliphatic carbocycles. The Balaban J connectivity index is 2.89. The summed E-state index contributed by atoms with van der Waals surface area (Å²) in [5, 5.41) is 21.3. The zero-order valence-corrected chi connectivity index (χ0v) is 9.12. The number of nitrogens with zero attached hydrogens (tertiary/aromatic N) is 1. The first-order valence-corrected chi connectivity index (χ1v) is 4.79. The Kier molecular flexibility index (Phi) is 3.73. The molecule has 0 aliphatic heterocycles. The molecule has 1 aromatic rings. The summed E-state index contributed by atoms with van der Waals surface area (Å²) in [5.41, 5.74) is 5.09. The maximum absolute atomic E-state index is 9.07. The molecule has 1 aromatic heterocycles. The second kappa shape index (κ2) is 4.65. The molecule has 15 heavy (non-hydrogen) atoms. The SMILES string of the molecule is CC(CO)(CO)Nc1ncc(N)cc1Cl. The Morgan fingerprint density at radius 3 is 2.60 bits per heavy atom. The first-order valence-electron chi connectivity index (χ1n) is 4.42. The molecule has 0 radical (unpaired) electrons. The number of hydrogen-bond donors (Lipinski definition) is 4. The van der Waals surface area contributed by atoms with Crippen LogP contribution in [0.25, 0.3) is 0 Å². The van der Waals surface area contributed by atoms with Gasteiger partial charge in [-0.1, -0.05) is 11.6 Å². The minimum atomic E-state index is -0.854. The third kappa shape index (κ3) is 2.95. The highest BCUT2D eigenvalue weighted by atomic mass is 35.5. The van der Waals surface area contributed by atoms with Crippen LogP contribution in [0.4, 0.5) is 11.5 Å². The summed E-state index contributed by atoms with van der Waals surface area (Å²) >= 11 is 5.88. The van der Waals surface area contributed by atoms with Gasteiger partial charge in [0.05, 0.1) is 35.7 Å². The van der Waals surface area contributed by atoms with Crippen molar-refractivity contribution >= 4 is 23.1 Å². The van der Waals surface area contributed by atoms with Crippen molar-refractivity contribution < 1.29 is 10.2 Å². The first kappa shape index (κ1) is 12.0. The van der Waals surface area contributed by atoms with Crippen LogP contribution in [0.2, 0.25) is 5.02 Å². The molecule has 0 aliphatic rings. The Bertz CT molecular complexity index is 342. The molecule has 1 rings (SSSR count). The second-order valence-electron chi connectivity index (χ2n) is 3.60. The van der Waals surface area contributed by atoms with E-state index in [4.69, 9.17) is 27.5 Å². The summed E-state index contributed by atoms with van der Waals surface area (Å²) in [7, 11) is 0. The van der Waals surface area contributed by atoms with Gasteiger partial charge in [-0.2, -0.15) is 0 Å². The number of pyridine rings is 1. The fourth-order valence-electron chi connectivity index (χ4n) is 0.960. The highest BCUT2D eigenvalue weighted by Crippen LogP contribution is 2.23. The molecule has 0 saturated carbocycles. The predicted octanol–water partition coefficient (Wildman–Crippen LogP) is 0.472. The van der Waals surface area contributed by atoms with E-state index < -0.39 is 5.54 Å².